The fourth-order valence-corrected chi connectivity index (χ4v) is 2.52. The summed E-state index contributed by atoms with van der Waals surface area (Å²) in [6, 6.07) is 5.44. The lowest BCUT2D eigenvalue weighted by atomic mass is 9.94. The van der Waals surface area contributed by atoms with E-state index in [-0.39, 0.29) is 24.4 Å². The highest BCUT2D eigenvalue weighted by molar-refractivity contribution is 5.95. The quantitative estimate of drug-likeness (QED) is 0.870. The fraction of sp³-hybridized carbons (Fsp3) is 0.562. The Morgan fingerprint density at radius 1 is 1.41 bits per heavy atom. The van der Waals surface area contributed by atoms with Gasteiger partial charge in [-0.15, -0.1) is 12.4 Å². The first kappa shape index (κ1) is 18.6. The topological polar surface area (TPSA) is 59.6 Å². The molecule has 1 saturated heterocycles. The van der Waals surface area contributed by atoms with E-state index in [1.54, 1.807) is 25.3 Å². The third-order valence-electron chi connectivity index (χ3n) is 3.87. The number of rotatable bonds is 5. The molecular formula is C16H25ClN2O3. The number of carbonyl (C=O) groups is 1. The molecule has 2 N–H and O–H groups in total. The van der Waals surface area contributed by atoms with E-state index >= 15 is 0 Å². The SMILES string of the molecule is CCOc1ccc(C(=O)NC2CNCCC2C)cc1OC.Cl. The molecule has 124 valence electrons. The van der Waals surface area contributed by atoms with Gasteiger partial charge in [-0.1, -0.05) is 6.92 Å². The minimum atomic E-state index is -0.0723. The summed E-state index contributed by atoms with van der Waals surface area (Å²) in [6.45, 7) is 6.49. The average molecular weight is 329 g/mol. The lowest BCUT2D eigenvalue weighted by molar-refractivity contribution is 0.0915. The van der Waals surface area contributed by atoms with Crippen LogP contribution >= 0.6 is 12.4 Å². The highest BCUT2D eigenvalue weighted by Crippen LogP contribution is 2.28. The molecule has 1 heterocycles. The van der Waals surface area contributed by atoms with Crippen molar-refractivity contribution in [3.8, 4) is 11.5 Å². The van der Waals surface area contributed by atoms with Gasteiger partial charge in [0.25, 0.3) is 5.91 Å². The summed E-state index contributed by atoms with van der Waals surface area (Å²) in [5, 5.41) is 6.40. The fourth-order valence-electron chi connectivity index (χ4n) is 2.52. The molecule has 6 heteroatoms. The number of amides is 1. The smallest absolute Gasteiger partial charge is 0.251 e. The molecule has 1 aliphatic rings. The molecule has 1 fully saturated rings. The monoisotopic (exact) mass is 328 g/mol. The minimum absolute atomic E-state index is 0. The summed E-state index contributed by atoms with van der Waals surface area (Å²) < 4.78 is 10.7. The number of benzene rings is 1. The molecule has 22 heavy (non-hydrogen) atoms. The first-order valence-corrected chi connectivity index (χ1v) is 7.48. The van der Waals surface area contributed by atoms with E-state index < -0.39 is 0 Å². The van der Waals surface area contributed by atoms with Crippen molar-refractivity contribution < 1.29 is 14.3 Å². The number of carbonyl (C=O) groups excluding carboxylic acids is 1. The second kappa shape index (κ2) is 8.86. The Balaban J connectivity index is 0.00000242. The zero-order chi connectivity index (χ0) is 15.2. The number of methoxy groups -OCH3 is 1. The van der Waals surface area contributed by atoms with Crippen LogP contribution in [-0.4, -0.2) is 38.8 Å². The molecule has 2 atom stereocenters. The van der Waals surface area contributed by atoms with E-state index in [1.165, 1.54) is 0 Å². The van der Waals surface area contributed by atoms with Crippen LogP contribution in [0.1, 0.15) is 30.6 Å². The van der Waals surface area contributed by atoms with Gasteiger partial charge < -0.3 is 20.1 Å². The summed E-state index contributed by atoms with van der Waals surface area (Å²) >= 11 is 0. The van der Waals surface area contributed by atoms with Crippen LogP contribution in [0.25, 0.3) is 0 Å². The van der Waals surface area contributed by atoms with E-state index in [0.29, 0.717) is 29.6 Å². The maximum atomic E-state index is 12.4. The van der Waals surface area contributed by atoms with Gasteiger partial charge in [-0.05, 0) is 44.0 Å². The molecule has 1 aromatic rings. The van der Waals surface area contributed by atoms with Crippen LogP contribution in [0.15, 0.2) is 18.2 Å². The van der Waals surface area contributed by atoms with Crippen molar-refractivity contribution in [2.24, 2.45) is 5.92 Å². The van der Waals surface area contributed by atoms with Gasteiger partial charge in [0.05, 0.1) is 13.7 Å². The second-order valence-corrected chi connectivity index (χ2v) is 5.35. The Morgan fingerprint density at radius 3 is 2.82 bits per heavy atom. The van der Waals surface area contributed by atoms with E-state index in [9.17, 15) is 4.79 Å². The van der Waals surface area contributed by atoms with Gasteiger partial charge in [0, 0.05) is 18.2 Å². The van der Waals surface area contributed by atoms with Crippen molar-refractivity contribution >= 4 is 18.3 Å². The number of hydrogen-bond acceptors (Lipinski definition) is 4. The molecule has 0 saturated carbocycles. The van der Waals surface area contributed by atoms with E-state index in [0.717, 1.165) is 19.5 Å². The van der Waals surface area contributed by atoms with Crippen molar-refractivity contribution in [3.05, 3.63) is 23.8 Å². The first-order valence-electron chi connectivity index (χ1n) is 7.48. The number of hydrogen-bond donors (Lipinski definition) is 2. The van der Waals surface area contributed by atoms with Gasteiger partial charge in [0.2, 0.25) is 0 Å². The van der Waals surface area contributed by atoms with Crippen LogP contribution in [0.5, 0.6) is 11.5 Å². The Labute approximate surface area is 138 Å². The Morgan fingerprint density at radius 2 is 2.18 bits per heavy atom. The van der Waals surface area contributed by atoms with Gasteiger partial charge in [-0.3, -0.25) is 4.79 Å². The highest BCUT2D eigenvalue weighted by Gasteiger charge is 2.23. The zero-order valence-electron chi connectivity index (χ0n) is 13.3. The Bertz CT molecular complexity index is 496. The zero-order valence-corrected chi connectivity index (χ0v) is 14.2. The van der Waals surface area contributed by atoms with Crippen molar-refractivity contribution in [1.29, 1.82) is 0 Å². The van der Waals surface area contributed by atoms with Gasteiger partial charge in [-0.25, -0.2) is 0 Å². The maximum Gasteiger partial charge on any atom is 0.251 e. The maximum absolute atomic E-state index is 12.4. The van der Waals surface area contributed by atoms with E-state index in [2.05, 4.69) is 17.6 Å². The van der Waals surface area contributed by atoms with Crippen LogP contribution in [0.4, 0.5) is 0 Å². The van der Waals surface area contributed by atoms with Crippen LogP contribution < -0.4 is 20.1 Å². The molecule has 1 amide bonds. The molecule has 2 unspecified atom stereocenters. The predicted octanol–water partition coefficient (Wildman–Crippen LogP) is 2.24. The summed E-state index contributed by atoms with van der Waals surface area (Å²) in [6.07, 6.45) is 1.08. The van der Waals surface area contributed by atoms with Crippen LogP contribution in [0.3, 0.4) is 0 Å². The summed E-state index contributed by atoms with van der Waals surface area (Å²) in [4.78, 5) is 12.4. The molecule has 2 rings (SSSR count). The predicted molar refractivity (Wildman–Crippen MR) is 89.3 cm³/mol. The average Bonchev–Trinajstić information content (AvgIpc) is 2.50. The van der Waals surface area contributed by atoms with Crippen LogP contribution in [-0.2, 0) is 0 Å². The van der Waals surface area contributed by atoms with Crippen molar-refractivity contribution in [1.82, 2.24) is 10.6 Å². The Kier molecular flexibility index (Phi) is 7.48. The van der Waals surface area contributed by atoms with Crippen molar-refractivity contribution in [2.75, 3.05) is 26.8 Å². The summed E-state index contributed by atoms with van der Waals surface area (Å²) in [7, 11) is 1.58. The summed E-state index contributed by atoms with van der Waals surface area (Å²) in [5.74, 6) is 1.65. The van der Waals surface area contributed by atoms with Crippen molar-refractivity contribution in [2.45, 2.75) is 26.3 Å². The van der Waals surface area contributed by atoms with Gasteiger partial charge in [0.1, 0.15) is 0 Å². The molecule has 1 aliphatic heterocycles. The van der Waals surface area contributed by atoms with Crippen LogP contribution in [0.2, 0.25) is 0 Å². The highest BCUT2D eigenvalue weighted by atomic mass is 35.5. The second-order valence-electron chi connectivity index (χ2n) is 5.35. The summed E-state index contributed by atoms with van der Waals surface area (Å²) in [5.41, 5.74) is 0.591. The van der Waals surface area contributed by atoms with E-state index in [4.69, 9.17) is 9.47 Å². The largest absolute Gasteiger partial charge is 0.493 e. The first-order chi connectivity index (χ1) is 10.2. The Hall–Kier alpha value is -1.46. The van der Waals surface area contributed by atoms with Crippen LogP contribution in [0, 0.1) is 5.92 Å². The molecule has 0 spiro atoms. The van der Waals surface area contributed by atoms with Crippen molar-refractivity contribution in [3.63, 3.8) is 0 Å². The molecule has 0 aromatic heterocycles. The molecule has 0 bridgehead atoms. The lowest BCUT2D eigenvalue weighted by Gasteiger charge is -2.30. The number of piperidine rings is 1. The third-order valence-corrected chi connectivity index (χ3v) is 3.87. The molecule has 5 nitrogen and oxygen atoms in total. The number of ether oxygens (including phenoxy) is 2. The number of halogens is 1. The number of nitrogens with one attached hydrogen (secondary N) is 2. The minimum Gasteiger partial charge on any atom is -0.493 e. The molecule has 0 aliphatic carbocycles. The lowest BCUT2D eigenvalue weighted by Crippen LogP contribution is -2.50. The molecule has 0 radical (unpaired) electrons. The van der Waals surface area contributed by atoms with Gasteiger partial charge >= 0.3 is 0 Å². The van der Waals surface area contributed by atoms with Gasteiger partial charge in [-0.2, -0.15) is 0 Å². The molecule has 1 aromatic carbocycles. The molecular weight excluding hydrogens is 304 g/mol. The van der Waals surface area contributed by atoms with E-state index in [1.807, 2.05) is 6.92 Å². The third kappa shape index (κ3) is 4.52. The van der Waals surface area contributed by atoms with Gasteiger partial charge in [0.15, 0.2) is 11.5 Å². The standard InChI is InChI=1S/C16H24N2O3.ClH/c1-4-21-14-6-5-12(9-15(14)20-3)16(19)18-13-10-17-8-7-11(13)2;/h5-6,9,11,13,17H,4,7-8,10H2,1-3H3,(H,18,19);1H. The normalized spacial score (nSPS) is 20.7.